The third kappa shape index (κ3) is 0.598. The molecule has 0 unspecified atom stereocenters. The Morgan fingerprint density at radius 1 is 1.33 bits per heavy atom. The normalized spacial score (nSPS) is 43.2. The zero-order valence-electron chi connectivity index (χ0n) is 7.21. The molecular formula is C10H14O2. The van der Waals surface area contributed by atoms with E-state index in [-0.39, 0.29) is 5.41 Å². The van der Waals surface area contributed by atoms with Crippen LogP contribution in [0, 0.1) is 11.3 Å². The van der Waals surface area contributed by atoms with E-state index in [0.717, 1.165) is 32.3 Å². The van der Waals surface area contributed by atoms with Crippen LogP contribution < -0.4 is 0 Å². The van der Waals surface area contributed by atoms with E-state index in [0.29, 0.717) is 17.8 Å². The third-order valence-electron chi connectivity index (χ3n) is 3.94. The van der Waals surface area contributed by atoms with Crippen molar-refractivity contribution >= 4 is 5.78 Å². The van der Waals surface area contributed by atoms with Gasteiger partial charge in [-0.25, -0.2) is 0 Å². The largest absolute Gasteiger partial charge is 0.376 e. The summed E-state index contributed by atoms with van der Waals surface area (Å²) < 4.78 is 5.68. The van der Waals surface area contributed by atoms with Crippen molar-refractivity contribution in [1.29, 1.82) is 0 Å². The van der Waals surface area contributed by atoms with E-state index >= 15 is 0 Å². The van der Waals surface area contributed by atoms with Crippen LogP contribution in [-0.4, -0.2) is 18.5 Å². The van der Waals surface area contributed by atoms with Crippen molar-refractivity contribution in [2.75, 3.05) is 6.61 Å². The lowest BCUT2D eigenvalue weighted by Gasteiger charge is -2.59. The van der Waals surface area contributed by atoms with Crippen molar-refractivity contribution in [3.8, 4) is 0 Å². The van der Waals surface area contributed by atoms with Gasteiger partial charge in [0.1, 0.15) is 5.78 Å². The molecule has 2 aliphatic carbocycles. The van der Waals surface area contributed by atoms with Crippen LogP contribution in [0.3, 0.4) is 0 Å². The first kappa shape index (κ1) is 7.07. The second-order valence-corrected chi connectivity index (χ2v) is 4.41. The van der Waals surface area contributed by atoms with Gasteiger partial charge in [0.2, 0.25) is 0 Å². The Balaban J connectivity index is 1.85. The summed E-state index contributed by atoms with van der Waals surface area (Å²) in [5.41, 5.74) is 0.0328. The van der Waals surface area contributed by atoms with Gasteiger partial charge in [-0.15, -0.1) is 0 Å². The molecular weight excluding hydrogens is 152 g/mol. The van der Waals surface area contributed by atoms with Crippen LogP contribution in [0.1, 0.15) is 32.1 Å². The lowest BCUT2D eigenvalue weighted by molar-refractivity contribution is -0.207. The first-order valence-corrected chi connectivity index (χ1v) is 5.00. The van der Waals surface area contributed by atoms with Gasteiger partial charge in [-0.1, -0.05) is 6.42 Å². The molecule has 1 spiro atoms. The predicted molar refractivity (Wildman–Crippen MR) is 43.8 cm³/mol. The number of fused-ring (bicyclic) bond motifs is 2. The molecule has 1 aliphatic heterocycles. The Labute approximate surface area is 72.3 Å². The maximum Gasteiger partial charge on any atom is 0.147 e. The molecule has 2 atom stereocenters. The summed E-state index contributed by atoms with van der Waals surface area (Å²) in [6.07, 6.45) is 5.94. The van der Waals surface area contributed by atoms with E-state index in [4.69, 9.17) is 4.74 Å². The molecule has 1 heterocycles. The van der Waals surface area contributed by atoms with E-state index in [9.17, 15) is 4.79 Å². The van der Waals surface area contributed by atoms with Crippen LogP contribution in [0.5, 0.6) is 0 Å². The molecule has 3 rings (SSSR count). The van der Waals surface area contributed by atoms with Gasteiger partial charge in [0.15, 0.2) is 0 Å². The number of Topliss-reactive ketones (excluding diaryl/α,β-unsaturated/α-hetero) is 1. The van der Waals surface area contributed by atoms with Crippen molar-refractivity contribution in [2.45, 2.75) is 38.2 Å². The highest BCUT2D eigenvalue weighted by molar-refractivity contribution is 5.95. The van der Waals surface area contributed by atoms with Crippen LogP contribution in [0.15, 0.2) is 0 Å². The highest BCUT2D eigenvalue weighted by atomic mass is 16.5. The van der Waals surface area contributed by atoms with E-state index in [1.807, 2.05) is 0 Å². The summed E-state index contributed by atoms with van der Waals surface area (Å²) in [5.74, 6) is 0.817. The monoisotopic (exact) mass is 166 g/mol. The highest BCUT2D eigenvalue weighted by Crippen LogP contribution is 2.59. The molecule has 0 N–H and O–H groups in total. The number of carbonyl (C=O) groups excluding carboxylic acids is 1. The molecule has 0 aromatic carbocycles. The molecule has 2 nitrogen and oxygen atoms in total. The van der Waals surface area contributed by atoms with Crippen molar-refractivity contribution in [1.82, 2.24) is 0 Å². The molecule has 0 aromatic rings. The van der Waals surface area contributed by atoms with Gasteiger partial charge in [0.05, 0.1) is 11.5 Å². The average Bonchev–Trinajstić information content (AvgIpc) is 2.01. The molecule has 66 valence electrons. The third-order valence-corrected chi connectivity index (χ3v) is 3.94. The second-order valence-electron chi connectivity index (χ2n) is 4.41. The quantitative estimate of drug-likeness (QED) is 0.545. The lowest BCUT2D eigenvalue weighted by Crippen LogP contribution is -2.67. The summed E-state index contributed by atoms with van der Waals surface area (Å²) >= 11 is 0. The fraction of sp³-hybridized carbons (Fsp3) is 0.900. The molecule has 3 fully saturated rings. The van der Waals surface area contributed by atoms with Crippen molar-refractivity contribution < 1.29 is 9.53 Å². The Morgan fingerprint density at radius 3 is 2.83 bits per heavy atom. The van der Waals surface area contributed by atoms with E-state index < -0.39 is 0 Å². The number of ketones is 1. The summed E-state index contributed by atoms with van der Waals surface area (Å²) in [7, 11) is 0. The SMILES string of the molecule is O=C1[C@@H]2CCCO[C@@H]2C12CCC2. The van der Waals surface area contributed by atoms with Gasteiger partial charge in [-0.3, -0.25) is 4.79 Å². The van der Waals surface area contributed by atoms with Gasteiger partial charge in [0, 0.05) is 12.5 Å². The topological polar surface area (TPSA) is 26.3 Å². The number of hydrogen-bond acceptors (Lipinski definition) is 2. The van der Waals surface area contributed by atoms with E-state index in [1.165, 1.54) is 6.42 Å². The number of hydrogen-bond donors (Lipinski definition) is 0. The Kier molecular flexibility index (Phi) is 1.24. The average molecular weight is 166 g/mol. The van der Waals surface area contributed by atoms with Crippen LogP contribution in [0.25, 0.3) is 0 Å². The van der Waals surface area contributed by atoms with Gasteiger partial charge < -0.3 is 4.74 Å². The van der Waals surface area contributed by atoms with Crippen LogP contribution >= 0.6 is 0 Å². The standard InChI is InChI=1S/C10H14O2/c11-8-7-3-1-6-12-9(7)10(8)4-2-5-10/h7,9H,1-6H2/t7-,9-/m0/s1. The van der Waals surface area contributed by atoms with Gasteiger partial charge in [0.25, 0.3) is 0 Å². The molecule has 12 heavy (non-hydrogen) atoms. The van der Waals surface area contributed by atoms with Crippen LogP contribution in [0.4, 0.5) is 0 Å². The zero-order chi connectivity index (χ0) is 8.18. The van der Waals surface area contributed by atoms with E-state index in [2.05, 4.69) is 0 Å². The van der Waals surface area contributed by atoms with Crippen LogP contribution in [-0.2, 0) is 9.53 Å². The summed E-state index contributed by atoms with van der Waals surface area (Å²) in [5, 5.41) is 0. The molecule has 0 amide bonds. The molecule has 0 aromatic heterocycles. The number of carbonyl (C=O) groups is 1. The predicted octanol–water partition coefficient (Wildman–Crippen LogP) is 1.53. The molecule has 1 saturated heterocycles. The van der Waals surface area contributed by atoms with Crippen molar-refractivity contribution in [2.24, 2.45) is 11.3 Å². The second kappa shape index (κ2) is 2.11. The highest BCUT2D eigenvalue weighted by Gasteiger charge is 2.65. The van der Waals surface area contributed by atoms with Gasteiger partial charge in [-0.2, -0.15) is 0 Å². The first-order valence-electron chi connectivity index (χ1n) is 5.00. The van der Waals surface area contributed by atoms with E-state index in [1.54, 1.807) is 0 Å². The number of ether oxygens (including phenoxy) is 1. The smallest absolute Gasteiger partial charge is 0.147 e. The molecule has 2 saturated carbocycles. The van der Waals surface area contributed by atoms with Crippen LogP contribution in [0.2, 0.25) is 0 Å². The Bertz CT molecular complexity index is 230. The summed E-state index contributed by atoms with van der Waals surface area (Å²) in [6, 6.07) is 0. The summed E-state index contributed by atoms with van der Waals surface area (Å²) in [4.78, 5) is 11.7. The maximum absolute atomic E-state index is 11.7. The van der Waals surface area contributed by atoms with Gasteiger partial charge in [-0.05, 0) is 25.7 Å². The number of rotatable bonds is 0. The Hall–Kier alpha value is -0.370. The van der Waals surface area contributed by atoms with Crippen molar-refractivity contribution in [3.63, 3.8) is 0 Å². The first-order chi connectivity index (χ1) is 5.84. The molecule has 2 heteroatoms. The fourth-order valence-corrected chi connectivity index (χ4v) is 3.10. The minimum absolute atomic E-state index is 0.0328. The van der Waals surface area contributed by atoms with Crippen molar-refractivity contribution in [3.05, 3.63) is 0 Å². The maximum atomic E-state index is 11.7. The molecule has 0 bridgehead atoms. The molecule has 0 radical (unpaired) electrons. The molecule has 3 aliphatic rings. The minimum Gasteiger partial charge on any atom is -0.376 e. The zero-order valence-corrected chi connectivity index (χ0v) is 7.21. The Morgan fingerprint density at radius 2 is 2.17 bits per heavy atom. The summed E-state index contributed by atoms with van der Waals surface area (Å²) in [6.45, 7) is 0.885. The minimum atomic E-state index is 0.0328. The fourth-order valence-electron chi connectivity index (χ4n) is 3.10. The van der Waals surface area contributed by atoms with Gasteiger partial charge >= 0.3 is 0 Å². The lowest BCUT2D eigenvalue weighted by atomic mass is 9.47.